The highest BCUT2D eigenvalue weighted by molar-refractivity contribution is 6.31. The SMILES string of the molecule is O=C(O)c1cc(Cl)ccc1Nc1cccc2ccn(Cc3ccccc3)c12. The number of carbonyl (C=O) groups is 1. The molecule has 134 valence electrons. The van der Waals surface area contributed by atoms with Crippen LogP contribution in [0.3, 0.4) is 0 Å². The number of anilines is 2. The number of nitrogens with zero attached hydrogens (tertiary/aromatic N) is 1. The Morgan fingerprint density at radius 1 is 0.963 bits per heavy atom. The standard InChI is InChI=1S/C22H17ClN2O2/c23-17-9-10-19(18(13-17)22(26)27)24-20-8-4-7-16-11-12-25(21(16)20)14-15-5-2-1-3-6-15/h1-13,24H,14H2,(H,26,27). The van der Waals surface area contributed by atoms with Gasteiger partial charge in [-0.2, -0.15) is 0 Å². The van der Waals surface area contributed by atoms with Crippen LogP contribution in [-0.2, 0) is 6.54 Å². The third-order valence-electron chi connectivity index (χ3n) is 4.47. The average Bonchev–Trinajstić information content (AvgIpc) is 3.08. The maximum Gasteiger partial charge on any atom is 0.337 e. The van der Waals surface area contributed by atoms with Crippen molar-refractivity contribution in [2.45, 2.75) is 6.54 Å². The first-order valence-corrected chi connectivity index (χ1v) is 8.91. The van der Waals surface area contributed by atoms with Crippen LogP contribution in [0, 0.1) is 0 Å². The molecule has 0 radical (unpaired) electrons. The molecular formula is C22H17ClN2O2. The number of benzene rings is 3. The topological polar surface area (TPSA) is 54.3 Å². The smallest absolute Gasteiger partial charge is 0.337 e. The summed E-state index contributed by atoms with van der Waals surface area (Å²) in [5, 5.41) is 14.2. The summed E-state index contributed by atoms with van der Waals surface area (Å²) in [7, 11) is 0. The molecule has 0 aliphatic rings. The molecule has 4 rings (SSSR count). The quantitative estimate of drug-likeness (QED) is 0.464. The largest absolute Gasteiger partial charge is 0.478 e. The minimum atomic E-state index is -1.02. The molecule has 4 nitrogen and oxygen atoms in total. The number of carboxylic acid groups (broad SMARTS) is 1. The van der Waals surface area contributed by atoms with E-state index in [2.05, 4.69) is 28.1 Å². The first kappa shape index (κ1) is 17.2. The van der Waals surface area contributed by atoms with Gasteiger partial charge >= 0.3 is 5.97 Å². The van der Waals surface area contributed by atoms with Crippen molar-refractivity contribution in [2.75, 3.05) is 5.32 Å². The minimum absolute atomic E-state index is 0.140. The van der Waals surface area contributed by atoms with E-state index in [1.807, 2.05) is 42.6 Å². The normalized spacial score (nSPS) is 10.9. The Balaban J connectivity index is 1.77. The lowest BCUT2D eigenvalue weighted by Crippen LogP contribution is -2.04. The van der Waals surface area contributed by atoms with Crippen LogP contribution >= 0.6 is 11.6 Å². The number of hydrogen-bond donors (Lipinski definition) is 2. The second kappa shape index (κ2) is 7.17. The van der Waals surface area contributed by atoms with Crippen molar-refractivity contribution < 1.29 is 9.90 Å². The van der Waals surface area contributed by atoms with Crippen molar-refractivity contribution in [3.05, 3.63) is 95.1 Å². The summed E-state index contributed by atoms with van der Waals surface area (Å²) in [6, 6.07) is 23.0. The summed E-state index contributed by atoms with van der Waals surface area (Å²) < 4.78 is 2.16. The van der Waals surface area contributed by atoms with Crippen molar-refractivity contribution in [2.24, 2.45) is 0 Å². The van der Waals surface area contributed by atoms with Gasteiger partial charge in [-0.05, 0) is 35.9 Å². The summed E-state index contributed by atoms with van der Waals surface area (Å²) in [5.74, 6) is -1.02. The number of aromatic nitrogens is 1. The summed E-state index contributed by atoms with van der Waals surface area (Å²) >= 11 is 5.96. The third-order valence-corrected chi connectivity index (χ3v) is 4.70. The zero-order chi connectivity index (χ0) is 18.8. The Labute approximate surface area is 161 Å². The van der Waals surface area contributed by atoms with Crippen molar-refractivity contribution in [1.82, 2.24) is 4.57 Å². The van der Waals surface area contributed by atoms with Gasteiger partial charge < -0.3 is 15.0 Å². The molecule has 0 aliphatic heterocycles. The molecule has 0 saturated carbocycles. The van der Waals surface area contributed by atoms with E-state index in [-0.39, 0.29) is 5.56 Å². The number of carboxylic acids is 1. The zero-order valence-corrected chi connectivity index (χ0v) is 15.1. The molecule has 4 aromatic rings. The molecule has 27 heavy (non-hydrogen) atoms. The fourth-order valence-electron chi connectivity index (χ4n) is 3.22. The van der Waals surface area contributed by atoms with Crippen LogP contribution in [0.1, 0.15) is 15.9 Å². The first-order valence-electron chi connectivity index (χ1n) is 8.53. The van der Waals surface area contributed by atoms with Crippen LogP contribution in [0.15, 0.2) is 79.0 Å². The van der Waals surface area contributed by atoms with Gasteiger partial charge in [0.2, 0.25) is 0 Å². The van der Waals surface area contributed by atoms with Crippen LogP contribution in [0.5, 0.6) is 0 Å². The maximum absolute atomic E-state index is 11.6. The van der Waals surface area contributed by atoms with E-state index in [0.717, 1.165) is 23.1 Å². The molecule has 2 N–H and O–H groups in total. The molecule has 0 atom stereocenters. The van der Waals surface area contributed by atoms with Crippen LogP contribution in [0.25, 0.3) is 10.9 Å². The molecule has 0 saturated heterocycles. The number of para-hydroxylation sites is 1. The Bertz CT molecular complexity index is 1120. The molecule has 5 heteroatoms. The van der Waals surface area contributed by atoms with Crippen molar-refractivity contribution in [3.8, 4) is 0 Å². The molecule has 0 spiro atoms. The number of rotatable bonds is 5. The van der Waals surface area contributed by atoms with Crippen LogP contribution in [0.2, 0.25) is 5.02 Å². The van der Waals surface area contributed by atoms with E-state index >= 15 is 0 Å². The summed E-state index contributed by atoms with van der Waals surface area (Å²) in [6.45, 7) is 0.732. The van der Waals surface area contributed by atoms with Gasteiger partial charge in [0.05, 0.1) is 22.5 Å². The highest BCUT2D eigenvalue weighted by atomic mass is 35.5. The van der Waals surface area contributed by atoms with Crippen molar-refractivity contribution >= 4 is 39.8 Å². The van der Waals surface area contributed by atoms with E-state index in [1.54, 1.807) is 12.1 Å². The van der Waals surface area contributed by atoms with Gasteiger partial charge in [0, 0.05) is 23.2 Å². The number of fused-ring (bicyclic) bond motifs is 1. The molecule has 1 heterocycles. The van der Waals surface area contributed by atoms with Gasteiger partial charge in [-0.3, -0.25) is 0 Å². The predicted octanol–water partition coefficient (Wildman–Crippen LogP) is 5.78. The van der Waals surface area contributed by atoms with Crippen LogP contribution < -0.4 is 5.32 Å². The highest BCUT2D eigenvalue weighted by Gasteiger charge is 2.13. The van der Waals surface area contributed by atoms with Crippen molar-refractivity contribution in [1.29, 1.82) is 0 Å². The van der Waals surface area contributed by atoms with Crippen LogP contribution in [-0.4, -0.2) is 15.6 Å². The van der Waals surface area contributed by atoms with E-state index < -0.39 is 5.97 Å². The fourth-order valence-corrected chi connectivity index (χ4v) is 3.39. The summed E-state index contributed by atoms with van der Waals surface area (Å²) in [4.78, 5) is 11.6. The molecule has 1 aromatic heterocycles. The average molecular weight is 377 g/mol. The van der Waals surface area contributed by atoms with E-state index in [0.29, 0.717) is 10.7 Å². The number of hydrogen-bond acceptors (Lipinski definition) is 2. The summed E-state index contributed by atoms with van der Waals surface area (Å²) in [5.41, 5.74) is 3.71. The maximum atomic E-state index is 11.6. The summed E-state index contributed by atoms with van der Waals surface area (Å²) in [6.07, 6.45) is 2.04. The van der Waals surface area contributed by atoms with Crippen LogP contribution in [0.4, 0.5) is 11.4 Å². The zero-order valence-electron chi connectivity index (χ0n) is 14.4. The second-order valence-corrected chi connectivity index (χ2v) is 6.73. The Kier molecular flexibility index (Phi) is 4.57. The first-order chi connectivity index (χ1) is 13.1. The van der Waals surface area contributed by atoms with E-state index in [4.69, 9.17) is 11.6 Å². The van der Waals surface area contributed by atoms with Gasteiger partial charge in [-0.1, -0.05) is 54.1 Å². The van der Waals surface area contributed by atoms with Gasteiger partial charge in [0.15, 0.2) is 0 Å². The lowest BCUT2D eigenvalue weighted by atomic mass is 10.1. The lowest BCUT2D eigenvalue weighted by molar-refractivity contribution is 0.0698. The molecule has 0 amide bonds. The molecule has 0 aliphatic carbocycles. The van der Waals surface area contributed by atoms with E-state index in [9.17, 15) is 9.90 Å². The van der Waals surface area contributed by atoms with Crippen molar-refractivity contribution in [3.63, 3.8) is 0 Å². The Morgan fingerprint density at radius 2 is 1.78 bits per heavy atom. The minimum Gasteiger partial charge on any atom is -0.478 e. The monoisotopic (exact) mass is 376 g/mol. The van der Waals surface area contributed by atoms with Gasteiger partial charge in [0.1, 0.15) is 0 Å². The van der Waals surface area contributed by atoms with Gasteiger partial charge in [0.25, 0.3) is 0 Å². The molecule has 0 unspecified atom stereocenters. The Hall–Kier alpha value is -3.24. The third kappa shape index (κ3) is 3.52. The molecule has 0 bridgehead atoms. The van der Waals surface area contributed by atoms with E-state index in [1.165, 1.54) is 11.6 Å². The fraction of sp³-hybridized carbons (Fsp3) is 0.0455. The number of halogens is 1. The van der Waals surface area contributed by atoms with Gasteiger partial charge in [-0.15, -0.1) is 0 Å². The Morgan fingerprint density at radius 3 is 2.56 bits per heavy atom. The molecule has 3 aromatic carbocycles. The van der Waals surface area contributed by atoms with Gasteiger partial charge in [-0.25, -0.2) is 4.79 Å². The molecular weight excluding hydrogens is 360 g/mol. The second-order valence-electron chi connectivity index (χ2n) is 6.29. The molecule has 0 fully saturated rings. The number of nitrogens with one attached hydrogen (secondary N) is 1. The lowest BCUT2D eigenvalue weighted by Gasteiger charge is -2.14. The highest BCUT2D eigenvalue weighted by Crippen LogP contribution is 2.30. The predicted molar refractivity (Wildman–Crippen MR) is 109 cm³/mol. The number of aromatic carboxylic acids is 1.